The Balaban J connectivity index is 2.50. The van der Waals surface area contributed by atoms with Crippen molar-refractivity contribution in [2.24, 2.45) is 22.7 Å². The number of carbonyl (C=O) groups is 3. The van der Waals surface area contributed by atoms with Gasteiger partial charge in [0.15, 0.2) is 5.78 Å². The molecule has 1 aliphatic carbocycles. The Bertz CT molecular complexity index is 1280. The van der Waals surface area contributed by atoms with Gasteiger partial charge in [0.2, 0.25) is 0 Å². The number of carboxylic acid groups (broad SMARTS) is 1. The van der Waals surface area contributed by atoms with Crippen LogP contribution in [-0.2, 0) is 19.1 Å². The average molecular weight is 549 g/mol. The summed E-state index contributed by atoms with van der Waals surface area (Å²) in [5.74, 6) is -3.44. The van der Waals surface area contributed by atoms with Gasteiger partial charge in [0.25, 0.3) is 0 Å². The van der Waals surface area contributed by atoms with Crippen LogP contribution in [0.1, 0.15) is 92.6 Å². The van der Waals surface area contributed by atoms with Crippen molar-refractivity contribution in [3.63, 3.8) is 0 Å². The van der Waals surface area contributed by atoms with Gasteiger partial charge in [-0.15, -0.1) is 0 Å². The van der Waals surface area contributed by atoms with E-state index in [0.717, 1.165) is 16.7 Å². The van der Waals surface area contributed by atoms with Crippen LogP contribution in [0, 0.1) is 22.7 Å². The highest BCUT2D eigenvalue weighted by molar-refractivity contribution is 6.19. The first-order valence-electron chi connectivity index (χ1n) is 14.1. The molecule has 6 nitrogen and oxygen atoms in total. The van der Waals surface area contributed by atoms with Gasteiger partial charge >= 0.3 is 11.9 Å². The number of aliphatic carboxylic acids is 1. The van der Waals surface area contributed by atoms with E-state index >= 15 is 0 Å². The maximum absolute atomic E-state index is 13.5. The zero-order valence-electron chi connectivity index (χ0n) is 25.1. The minimum atomic E-state index is -1.18. The number of allylic oxidation sites excluding steroid dienone is 5. The number of hydrogen-bond donors (Lipinski definition) is 2. The quantitative estimate of drug-likeness (QED) is 0.175. The summed E-state index contributed by atoms with van der Waals surface area (Å²) in [4.78, 5) is 39.0. The van der Waals surface area contributed by atoms with Crippen molar-refractivity contribution in [3.8, 4) is 0 Å². The van der Waals surface area contributed by atoms with Crippen LogP contribution in [-0.4, -0.2) is 27.9 Å². The number of hydrogen-bond acceptors (Lipinski definition) is 5. The summed E-state index contributed by atoms with van der Waals surface area (Å²) in [6.45, 7) is 15.5. The standard InChI is InChI=1S/C34H44O6/c1-20(2)14-15-24-19-34(17-16-21(3)4)30(38)27(29(37)22(5)6)32(39)40-31(34)28(33(24,7)8)25(18-26(35)36)23-12-10-9-11-13-23/h9-14,16,22,24-25,38H,15,17-19H2,1-8H3,(H,35,36)/t24-,25-,34+/m0/s1. The second-order valence-electron chi connectivity index (χ2n) is 12.6. The van der Waals surface area contributed by atoms with Crippen molar-refractivity contribution in [2.75, 3.05) is 0 Å². The minimum absolute atomic E-state index is 0.0407. The van der Waals surface area contributed by atoms with E-state index in [4.69, 9.17) is 4.74 Å². The molecule has 40 heavy (non-hydrogen) atoms. The number of ketones is 1. The highest BCUT2D eigenvalue weighted by Gasteiger charge is 2.58. The van der Waals surface area contributed by atoms with Crippen LogP contribution in [0.15, 0.2) is 76.3 Å². The van der Waals surface area contributed by atoms with Crippen LogP contribution in [0.4, 0.5) is 0 Å². The third-order valence-electron chi connectivity index (χ3n) is 8.45. The lowest BCUT2D eigenvalue weighted by atomic mass is 9.53. The van der Waals surface area contributed by atoms with Gasteiger partial charge in [0, 0.05) is 11.8 Å². The lowest BCUT2D eigenvalue weighted by Gasteiger charge is -2.53. The third kappa shape index (κ3) is 6.01. The van der Waals surface area contributed by atoms with Crippen LogP contribution >= 0.6 is 0 Å². The van der Waals surface area contributed by atoms with Crippen LogP contribution in [0.3, 0.4) is 0 Å². The van der Waals surface area contributed by atoms with Crippen LogP contribution in [0.25, 0.3) is 0 Å². The molecule has 0 saturated carbocycles. The zero-order valence-corrected chi connectivity index (χ0v) is 25.1. The Kier molecular flexibility index (Phi) is 9.33. The fraction of sp³-hybridized carbons (Fsp3) is 0.500. The van der Waals surface area contributed by atoms with Crippen molar-refractivity contribution in [2.45, 2.75) is 87.0 Å². The molecule has 0 amide bonds. The summed E-state index contributed by atoms with van der Waals surface area (Å²) >= 11 is 0. The van der Waals surface area contributed by atoms with E-state index < -0.39 is 40.4 Å². The van der Waals surface area contributed by atoms with Gasteiger partial charge in [-0.1, -0.05) is 81.3 Å². The summed E-state index contributed by atoms with van der Waals surface area (Å²) in [5, 5.41) is 22.0. The number of ether oxygens (including phenoxy) is 1. The number of benzene rings is 1. The number of esters is 1. The summed E-state index contributed by atoms with van der Waals surface area (Å²) in [7, 11) is 0. The summed E-state index contributed by atoms with van der Waals surface area (Å²) < 4.78 is 6.15. The maximum atomic E-state index is 13.5. The lowest BCUT2D eigenvalue weighted by Crippen LogP contribution is -2.48. The van der Waals surface area contributed by atoms with Gasteiger partial charge in [-0.3, -0.25) is 9.59 Å². The molecule has 0 radical (unpaired) electrons. The van der Waals surface area contributed by atoms with E-state index in [2.05, 4.69) is 19.9 Å². The molecule has 3 rings (SSSR count). The smallest absolute Gasteiger partial charge is 0.350 e. The molecule has 216 valence electrons. The first-order valence-corrected chi connectivity index (χ1v) is 14.1. The van der Waals surface area contributed by atoms with E-state index in [0.29, 0.717) is 30.6 Å². The third-order valence-corrected chi connectivity index (χ3v) is 8.45. The maximum Gasteiger partial charge on any atom is 0.350 e. The molecule has 1 aromatic rings. The molecule has 0 aromatic heterocycles. The van der Waals surface area contributed by atoms with Gasteiger partial charge in [-0.2, -0.15) is 0 Å². The van der Waals surface area contributed by atoms with Gasteiger partial charge in [-0.25, -0.2) is 4.79 Å². The lowest BCUT2D eigenvalue weighted by molar-refractivity contribution is -0.143. The zero-order chi connectivity index (χ0) is 30.0. The topological polar surface area (TPSA) is 101 Å². The van der Waals surface area contributed by atoms with Crippen LogP contribution < -0.4 is 0 Å². The molecule has 0 fully saturated rings. The molecule has 6 heteroatoms. The monoisotopic (exact) mass is 548 g/mol. The van der Waals surface area contributed by atoms with Crippen LogP contribution in [0.2, 0.25) is 0 Å². The molecule has 0 spiro atoms. The SMILES string of the molecule is CC(C)=CC[C@H]1C[C@]2(CC=C(C)C)C(O)=C(C(=O)C(C)C)C(=O)OC2=C([C@@H](CC(=O)O)c2ccccc2)C1(C)C. The molecule has 0 bridgehead atoms. The number of aliphatic hydroxyl groups excluding tert-OH is 1. The van der Waals surface area contributed by atoms with Crippen molar-refractivity contribution < 1.29 is 29.3 Å². The van der Waals surface area contributed by atoms with Crippen LogP contribution in [0.5, 0.6) is 0 Å². The predicted octanol–water partition coefficient (Wildman–Crippen LogP) is 7.84. The van der Waals surface area contributed by atoms with Gasteiger partial charge in [-0.05, 0) is 69.4 Å². The molecule has 1 aromatic carbocycles. The normalized spacial score (nSPS) is 22.8. The molecule has 1 aliphatic heterocycles. The Hall–Kier alpha value is -3.41. The molecule has 0 unspecified atom stereocenters. The number of carboxylic acids is 1. The van der Waals surface area contributed by atoms with E-state index in [1.807, 2.05) is 64.1 Å². The van der Waals surface area contributed by atoms with Gasteiger partial charge in [0.05, 0.1) is 11.8 Å². The molecule has 0 saturated heterocycles. The second-order valence-corrected chi connectivity index (χ2v) is 12.6. The fourth-order valence-electron chi connectivity index (χ4n) is 6.14. The van der Waals surface area contributed by atoms with E-state index in [1.165, 1.54) is 0 Å². The summed E-state index contributed by atoms with van der Waals surface area (Å²) in [6.07, 6.45) is 5.39. The Morgan fingerprint density at radius 3 is 2.17 bits per heavy atom. The number of Topliss-reactive ketones (excluding diaryl/α,β-unsaturated/α-hetero) is 1. The van der Waals surface area contributed by atoms with Crippen molar-refractivity contribution >= 4 is 17.7 Å². The molecule has 2 N–H and O–H groups in total. The minimum Gasteiger partial charge on any atom is -0.510 e. The Labute approximate surface area is 238 Å². The highest BCUT2D eigenvalue weighted by atomic mass is 16.5. The number of carbonyl (C=O) groups excluding carboxylic acids is 2. The molecular formula is C34H44O6. The Morgan fingerprint density at radius 2 is 1.65 bits per heavy atom. The second kappa shape index (κ2) is 12.0. The molecule has 3 atom stereocenters. The number of aliphatic hydroxyl groups is 1. The molecular weight excluding hydrogens is 504 g/mol. The van der Waals surface area contributed by atoms with Crippen molar-refractivity contribution in [1.29, 1.82) is 0 Å². The first-order chi connectivity index (χ1) is 18.6. The highest BCUT2D eigenvalue weighted by Crippen LogP contribution is 2.63. The average Bonchev–Trinajstić information content (AvgIpc) is 2.86. The summed E-state index contributed by atoms with van der Waals surface area (Å²) in [5.41, 5.74) is 1.60. The molecule has 1 heterocycles. The summed E-state index contributed by atoms with van der Waals surface area (Å²) in [6, 6.07) is 9.39. The fourth-order valence-corrected chi connectivity index (χ4v) is 6.14. The Morgan fingerprint density at radius 1 is 1.05 bits per heavy atom. The van der Waals surface area contributed by atoms with Gasteiger partial charge < -0.3 is 14.9 Å². The number of rotatable bonds is 10. The van der Waals surface area contributed by atoms with Gasteiger partial charge in [0.1, 0.15) is 17.1 Å². The van der Waals surface area contributed by atoms with E-state index in [1.54, 1.807) is 13.8 Å². The molecule has 2 aliphatic rings. The number of fused-ring (bicyclic) bond motifs is 1. The predicted molar refractivity (Wildman–Crippen MR) is 156 cm³/mol. The van der Waals surface area contributed by atoms with Crippen molar-refractivity contribution in [1.82, 2.24) is 0 Å². The largest absolute Gasteiger partial charge is 0.510 e. The van der Waals surface area contributed by atoms with E-state index in [-0.39, 0.29) is 23.7 Å². The van der Waals surface area contributed by atoms with Crippen molar-refractivity contribution in [3.05, 3.63) is 81.9 Å². The van der Waals surface area contributed by atoms with E-state index in [9.17, 15) is 24.6 Å². The first kappa shape index (κ1) is 31.1.